The highest BCUT2D eigenvalue weighted by Crippen LogP contribution is 2.29. The first kappa shape index (κ1) is 14.8. The predicted octanol–water partition coefficient (Wildman–Crippen LogP) is 1.64. The minimum Gasteiger partial charge on any atom is -0.368 e. The fourth-order valence-electron chi connectivity index (χ4n) is 3.49. The number of hydrogen-bond donors (Lipinski definition) is 2. The molecule has 2 fully saturated rings. The predicted molar refractivity (Wildman–Crippen MR) is 77.9 cm³/mol. The van der Waals surface area contributed by atoms with E-state index in [9.17, 15) is 4.79 Å². The molecule has 0 bridgehead atoms. The minimum absolute atomic E-state index is 0.210. The van der Waals surface area contributed by atoms with Gasteiger partial charge in [0.2, 0.25) is 5.91 Å². The molecule has 4 heteroatoms. The van der Waals surface area contributed by atoms with Gasteiger partial charge in [0, 0.05) is 18.1 Å². The van der Waals surface area contributed by atoms with Gasteiger partial charge in [-0.3, -0.25) is 9.69 Å². The van der Waals surface area contributed by atoms with Crippen LogP contribution >= 0.6 is 0 Å². The summed E-state index contributed by atoms with van der Waals surface area (Å²) in [6.07, 6.45) is 6.95. The van der Waals surface area contributed by atoms with Gasteiger partial charge in [0.25, 0.3) is 0 Å². The molecule has 1 aliphatic heterocycles. The van der Waals surface area contributed by atoms with E-state index in [2.05, 4.69) is 24.1 Å². The van der Waals surface area contributed by atoms with E-state index in [1.54, 1.807) is 0 Å². The summed E-state index contributed by atoms with van der Waals surface area (Å²) in [6, 6.07) is 1.61. The molecule has 3 unspecified atom stereocenters. The maximum atomic E-state index is 11.8. The van der Waals surface area contributed by atoms with Crippen molar-refractivity contribution in [2.75, 3.05) is 6.54 Å². The van der Waals surface area contributed by atoms with Crippen LogP contribution in [0, 0.1) is 0 Å². The fraction of sp³-hybridized carbons (Fsp3) is 0.933. The second kappa shape index (κ2) is 5.80. The van der Waals surface area contributed by atoms with Gasteiger partial charge < -0.3 is 11.1 Å². The Morgan fingerprint density at radius 1 is 1.47 bits per heavy atom. The van der Waals surface area contributed by atoms with Gasteiger partial charge in [-0.2, -0.15) is 0 Å². The van der Waals surface area contributed by atoms with Crippen LogP contribution in [0.4, 0.5) is 0 Å². The SMILES string of the molecule is CCC1CCCN1C(C)CC(C)(NC1CC1)C(N)=O. The molecule has 110 valence electrons. The minimum atomic E-state index is -0.554. The number of primary amides is 1. The van der Waals surface area contributed by atoms with E-state index in [0.29, 0.717) is 18.1 Å². The first-order valence-electron chi connectivity index (χ1n) is 7.79. The number of nitrogens with two attached hydrogens (primary N) is 1. The quantitative estimate of drug-likeness (QED) is 0.737. The third-order valence-corrected chi connectivity index (χ3v) is 4.81. The Hall–Kier alpha value is -0.610. The molecular formula is C15H29N3O. The number of nitrogens with one attached hydrogen (secondary N) is 1. The zero-order chi connectivity index (χ0) is 14.0. The Morgan fingerprint density at radius 2 is 2.16 bits per heavy atom. The monoisotopic (exact) mass is 267 g/mol. The van der Waals surface area contributed by atoms with Crippen LogP contribution in [-0.4, -0.2) is 41.0 Å². The van der Waals surface area contributed by atoms with Crippen LogP contribution in [0.15, 0.2) is 0 Å². The molecule has 2 aliphatic rings. The van der Waals surface area contributed by atoms with Crippen LogP contribution in [-0.2, 0) is 4.79 Å². The molecule has 1 amide bonds. The van der Waals surface area contributed by atoms with E-state index in [1.807, 2.05) is 6.92 Å². The van der Waals surface area contributed by atoms with Crippen molar-refractivity contribution in [1.82, 2.24) is 10.2 Å². The Balaban J connectivity index is 1.97. The molecule has 2 rings (SSSR count). The lowest BCUT2D eigenvalue weighted by molar-refractivity contribution is -0.124. The molecule has 0 radical (unpaired) electrons. The number of hydrogen-bond acceptors (Lipinski definition) is 3. The van der Waals surface area contributed by atoms with Crippen molar-refractivity contribution in [2.24, 2.45) is 5.73 Å². The highest BCUT2D eigenvalue weighted by atomic mass is 16.1. The van der Waals surface area contributed by atoms with Crippen molar-refractivity contribution in [3.8, 4) is 0 Å². The summed E-state index contributed by atoms with van der Waals surface area (Å²) in [5, 5.41) is 3.45. The van der Waals surface area contributed by atoms with Gasteiger partial charge in [-0.05, 0) is 58.9 Å². The Morgan fingerprint density at radius 3 is 2.68 bits per heavy atom. The lowest BCUT2D eigenvalue weighted by Gasteiger charge is -2.36. The van der Waals surface area contributed by atoms with Crippen molar-refractivity contribution in [3.05, 3.63) is 0 Å². The molecule has 1 saturated carbocycles. The van der Waals surface area contributed by atoms with Crippen molar-refractivity contribution < 1.29 is 4.79 Å². The topological polar surface area (TPSA) is 58.4 Å². The summed E-state index contributed by atoms with van der Waals surface area (Å²) in [5.74, 6) is -0.210. The molecule has 3 atom stereocenters. The van der Waals surface area contributed by atoms with Crippen LogP contribution in [0.2, 0.25) is 0 Å². The van der Waals surface area contributed by atoms with Crippen LogP contribution in [0.1, 0.15) is 59.3 Å². The average Bonchev–Trinajstić information content (AvgIpc) is 3.02. The number of rotatable bonds is 7. The highest BCUT2D eigenvalue weighted by molar-refractivity contribution is 5.84. The van der Waals surface area contributed by atoms with Gasteiger partial charge in [-0.25, -0.2) is 0 Å². The van der Waals surface area contributed by atoms with Gasteiger partial charge in [-0.1, -0.05) is 6.92 Å². The molecule has 0 aromatic carbocycles. The normalized spacial score (nSPS) is 29.1. The Bertz CT molecular complexity index is 329. The number of carbonyl (C=O) groups excluding carboxylic acids is 1. The third-order valence-electron chi connectivity index (χ3n) is 4.81. The number of carbonyl (C=O) groups is 1. The molecule has 1 saturated heterocycles. The Kier molecular flexibility index (Phi) is 4.51. The van der Waals surface area contributed by atoms with Crippen molar-refractivity contribution >= 4 is 5.91 Å². The van der Waals surface area contributed by atoms with Crippen LogP contribution < -0.4 is 11.1 Å². The lowest BCUT2D eigenvalue weighted by Crippen LogP contribution is -2.57. The largest absolute Gasteiger partial charge is 0.368 e. The van der Waals surface area contributed by atoms with Crippen LogP contribution in [0.3, 0.4) is 0 Å². The summed E-state index contributed by atoms with van der Waals surface area (Å²) in [5.41, 5.74) is 5.09. The number of likely N-dealkylation sites (tertiary alicyclic amines) is 1. The second-order valence-corrected chi connectivity index (χ2v) is 6.61. The van der Waals surface area contributed by atoms with E-state index in [0.717, 1.165) is 13.0 Å². The van der Waals surface area contributed by atoms with E-state index >= 15 is 0 Å². The number of nitrogens with zero attached hydrogens (tertiary/aromatic N) is 1. The molecule has 0 spiro atoms. The van der Waals surface area contributed by atoms with E-state index < -0.39 is 5.54 Å². The zero-order valence-electron chi connectivity index (χ0n) is 12.6. The van der Waals surface area contributed by atoms with Crippen molar-refractivity contribution in [1.29, 1.82) is 0 Å². The summed E-state index contributed by atoms with van der Waals surface area (Å²) in [4.78, 5) is 14.4. The lowest BCUT2D eigenvalue weighted by atomic mass is 9.91. The van der Waals surface area contributed by atoms with E-state index in [4.69, 9.17) is 5.73 Å². The smallest absolute Gasteiger partial charge is 0.237 e. The summed E-state index contributed by atoms with van der Waals surface area (Å²) in [6.45, 7) is 7.63. The standard InChI is InChI=1S/C15H29N3O/c1-4-13-6-5-9-18(13)11(2)10-15(3,14(16)19)17-12-7-8-12/h11-13,17H,4-10H2,1-3H3,(H2,16,19). The first-order chi connectivity index (χ1) is 8.96. The van der Waals surface area contributed by atoms with Gasteiger partial charge in [0.15, 0.2) is 0 Å². The zero-order valence-corrected chi connectivity index (χ0v) is 12.6. The second-order valence-electron chi connectivity index (χ2n) is 6.61. The fourth-order valence-corrected chi connectivity index (χ4v) is 3.49. The Labute approximate surface area is 117 Å². The molecule has 1 aliphatic carbocycles. The maximum Gasteiger partial charge on any atom is 0.237 e. The maximum absolute atomic E-state index is 11.8. The van der Waals surface area contributed by atoms with Gasteiger partial charge in [0.1, 0.15) is 0 Å². The molecule has 19 heavy (non-hydrogen) atoms. The van der Waals surface area contributed by atoms with Crippen LogP contribution in [0.5, 0.6) is 0 Å². The number of amides is 1. The van der Waals surface area contributed by atoms with E-state index in [1.165, 1.54) is 32.1 Å². The highest BCUT2D eigenvalue weighted by Gasteiger charge is 2.40. The summed E-state index contributed by atoms with van der Waals surface area (Å²) in [7, 11) is 0. The molecule has 3 N–H and O–H groups in total. The first-order valence-corrected chi connectivity index (χ1v) is 7.79. The van der Waals surface area contributed by atoms with Gasteiger partial charge >= 0.3 is 0 Å². The van der Waals surface area contributed by atoms with Crippen molar-refractivity contribution in [3.63, 3.8) is 0 Å². The molecule has 0 aromatic rings. The van der Waals surface area contributed by atoms with E-state index in [-0.39, 0.29) is 5.91 Å². The molecule has 0 aromatic heterocycles. The summed E-state index contributed by atoms with van der Waals surface area (Å²) >= 11 is 0. The van der Waals surface area contributed by atoms with Crippen LogP contribution in [0.25, 0.3) is 0 Å². The molecule has 1 heterocycles. The molecule has 4 nitrogen and oxygen atoms in total. The third kappa shape index (κ3) is 3.48. The van der Waals surface area contributed by atoms with Gasteiger partial charge in [0.05, 0.1) is 5.54 Å². The average molecular weight is 267 g/mol. The van der Waals surface area contributed by atoms with Gasteiger partial charge in [-0.15, -0.1) is 0 Å². The summed E-state index contributed by atoms with van der Waals surface area (Å²) < 4.78 is 0. The van der Waals surface area contributed by atoms with Crippen molar-refractivity contribution in [2.45, 2.75) is 83.0 Å². The molecular weight excluding hydrogens is 238 g/mol.